The van der Waals surface area contributed by atoms with Gasteiger partial charge in [0, 0.05) is 43.5 Å². The Hall–Kier alpha value is -2.17. The lowest BCUT2D eigenvalue weighted by Crippen LogP contribution is -2.46. The van der Waals surface area contributed by atoms with Crippen molar-refractivity contribution in [2.75, 3.05) is 51.1 Å². The van der Waals surface area contributed by atoms with E-state index in [-0.39, 0.29) is 0 Å². The van der Waals surface area contributed by atoms with Crippen LogP contribution in [-0.2, 0) is 0 Å². The molecule has 0 atom stereocenters. The minimum absolute atomic E-state index is 1.01. The lowest BCUT2D eigenvalue weighted by atomic mass is 10.1. The maximum absolute atomic E-state index is 4.82. The van der Waals surface area contributed by atoms with Crippen LogP contribution in [0.25, 0.3) is 21.8 Å². The first kappa shape index (κ1) is 20.1. The lowest BCUT2D eigenvalue weighted by molar-refractivity contribution is 0.130. The highest BCUT2D eigenvalue weighted by molar-refractivity contribution is 6.07. The summed E-state index contributed by atoms with van der Waals surface area (Å²) >= 11 is 0. The first-order valence-electron chi connectivity index (χ1n) is 11.3. The third kappa shape index (κ3) is 5.06. The molecule has 154 valence electrons. The zero-order valence-electron chi connectivity index (χ0n) is 17.7. The minimum Gasteiger partial charge on any atom is -0.384 e. The highest BCUT2D eigenvalue weighted by Gasteiger charge is 2.15. The maximum Gasteiger partial charge on any atom is 0.0730 e. The average molecular weight is 391 g/mol. The van der Waals surface area contributed by atoms with Gasteiger partial charge in [0.25, 0.3) is 0 Å². The number of rotatable bonds is 9. The van der Waals surface area contributed by atoms with Gasteiger partial charge < -0.3 is 15.1 Å². The fourth-order valence-corrected chi connectivity index (χ4v) is 4.32. The predicted molar refractivity (Wildman–Crippen MR) is 125 cm³/mol. The fraction of sp³-hybridized carbons (Fsp3) is 0.480. The number of unbranched alkanes of at least 4 members (excludes halogenated alkanes) is 2. The second-order valence-corrected chi connectivity index (χ2v) is 8.19. The number of hydrogen-bond acceptors (Lipinski definition) is 4. The summed E-state index contributed by atoms with van der Waals surface area (Å²) in [6.07, 6.45) is 5.09. The summed E-state index contributed by atoms with van der Waals surface area (Å²) in [4.78, 5) is 10.1. The van der Waals surface area contributed by atoms with Crippen LogP contribution in [0.2, 0.25) is 0 Å². The van der Waals surface area contributed by atoms with Gasteiger partial charge >= 0.3 is 0 Å². The molecule has 1 saturated heterocycles. The largest absolute Gasteiger partial charge is 0.384 e. The maximum atomic E-state index is 4.82. The molecule has 0 amide bonds. The van der Waals surface area contributed by atoms with Crippen molar-refractivity contribution in [3.05, 3.63) is 48.5 Å². The van der Waals surface area contributed by atoms with Gasteiger partial charge in [0.15, 0.2) is 0 Å². The van der Waals surface area contributed by atoms with Crippen LogP contribution in [0.5, 0.6) is 0 Å². The Balaban J connectivity index is 1.28. The Kier molecular flexibility index (Phi) is 6.96. The van der Waals surface area contributed by atoms with Crippen LogP contribution in [0.4, 0.5) is 5.69 Å². The number of pyridine rings is 1. The molecule has 0 spiro atoms. The third-order valence-electron chi connectivity index (χ3n) is 6.08. The molecule has 2 aromatic carbocycles. The highest BCUT2D eigenvalue weighted by Crippen LogP contribution is 2.30. The Morgan fingerprint density at radius 3 is 1.90 bits per heavy atom. The van der Waals surface area contributed by atoms with E-state index in [2.05, 4.69) is 70.6 Å². The number of fused-ring (bicyclic) bond motifs is 2. The summed E-state index contributed by atoms with van der Waals surface area (Å²) in [6, 6.07) is 16.9. The van der Waals surface area contributed by atoms with Crippen LogP contribution >= 0.6 is 0 Å². The van der Waals surface area contributed by atoms with Crippen molar-refractivity contribution < 1.29 is 0 Å². The van der Waals surface area contributed by atoms with Crippen LogP contribution < -0.4 is 5.32 Å². The number of piperazine rings is 1. The second-order valence-electron chi connectivity index (χ2n) is 8.19. The highest BCUT2D eigenvalue weighted by atomic mass is 15.3. The molecule has 3 aromatic rings. The number of aromatic nitrogens is 1. The summed E-state index contributed by atoms with van der Waals surface area (Å²) < 4.78 is 0. The van der Waals surface area contributed by atoms with Crippen LogP contribution in [-0.4, -0.2) is 60.6 Å². The molecule has 0 aliphatic carbocycles. The van der Waals surface area contributed by atoms with Crippen molar-refractivity contribution in [1.82, 2.24) is 14.8 Å². The van der Waals surface area contributed by atoms with Gasteiger partial charge in [-0.05, 0) is 44.5 Å². The summed E-state index contributed by atoms with van der Waals surface area (Å²) in [5, 5.41) is 6.17. The molecular formula is C25H34N4. The molecule has 1 aliphatic rings. The Bertz CT molecular complexity index is 861. The van der Waals surface area contributed by atoms with Crippen molar-refractivity contribution in [1.29, 1.82) is 0 Å². The fourth-order valence-electron chi connectivity index (χ4n) is 4.32. The van der Waals surface area contributed by atoms with Crippen LogP contribution in [0, 0.1) is 0 Å². The molecule has 1 aromatic heterocycles. The van der Waals surface area contributed by atoms with E-state index in [4.69, 9.17) is 4.98 Å². The number of anilines is 1. The van der Waals surface area contributed by atoms with E-state index >= 15 is 0 Å². The van der Waals surface area contributed by atoms with Crippen molar-refractivity contribution in [2.24, 2.45) is 0 Å². The molecule has 0 radical (unpaired) electrons. The molecular weight excluding hydrogens is 356 g/mol. The van der Waals surface area contributed by atoms with Gasteiger partial charge in [-0.15, -0.1) is 0 Å². The molecule has 0 saturated carbocycles. The zero-order chi connectivity index (χ0) is 19.9. The molecule has 0 bridgehead atoms. The number of para-hydroxylation sites is 2. The van der Waals surface area contributed by atoms with E-state index in [9.17, 15) is 0 Å². The quantitative estimate of drug-likeness (QED) is 0.412. The predicted octanol–water partition coefficient (Wildman–Crippen LogP) is 5.00. The van der Waals surface area contributed by atoms with Gasteiger partial charge in [-0.1, -0.05) is 49.7 Å². The monoisotopic (exact) mass is 390 g/mol. The van der Waals surface area contributed by atoms with Crippen LogP contribution in [0.3, 0.4) is 0 Å². The standard InChI is InChI=1S/C25H34N4/c1-2-3-15-28-17-19-29(20-18-28)16-9-8-14-26-25-21-10-4-6-12-23(21)27-24-13-7-5-11-22(24)25/h4-7,10-13H,2-3,8-9,14-20H2,1H3,(H,26,27). The molecule has 1 aliphatic heterocycles. The molecule has 1 N–H and O–H groups in total. The summed E-state index contributed by atoms with van der Waals surface area (Å²) in [6.45, 7) is 10.7. The van der Waals surface area contributed by atoms with E-state index in [1.54, 1.807) is 0 Å². The Morgan fingerprint density at radius 2 is 1.31 bits per heavy atom. The normalized spacial score (nSPS) is 15.9. The van der Waals surface area contributed by atoms with Gasteiger partial charge in [-0.25, -0.2) is 4.98 Å². The number of nitrogens with one attached hydrogen (secondary N) is 1. The van der Waals surface area contributed by atoms with E-state index in [1.807, 2.05) is 0 Å². The van der Waals surface area contributed by atoms with Gasteiger partial charge in [-0.2, -0.15) is 0 Å². The van der Waals surface area contributed by atoms with Crippen molar-refractivity contribution in [2.45, 2.75) is 32.6 Å². The minimum atomic E-state index is 1.01. The third-order valence-corrected chi connectivity index (χ3v) is 6.08. The van der Waals surface area contributed by atoms with Gasteiger partial charge in [0.05, 0.1) is 16.7 Å². The molecule has 29 heavy (non-hydrogen) atoms. The number of benzene rings is 2. The van der Waals surface area contributed by atoms with Crippen molar-refractivity contribution >= 4 is 27.5 Å². The zero-order valence-corrected chi connectivity index (χ0v) is 17.7. The topological polar surface area (TPSA) is 31.4 Å². The summed E-state index contributed by atoms with van der Waals surface area (Å²) in [5.74, 6) is 0. The Morgan fingerprint density at radius 1 is 0.759 bits per heavy atom. The SMILES string of the molecule is CCCCN1CCN(CCCCNc2c3ccccc3nc3ccccc23)CC1. The van der Waals surface area contributed by atoms with Crippen LogP contribution in [0.1, 0.15) is 32.6 Å². The molecule has 4 nitrogen and oxygen atoms in total. The first-order valence-corrected chi connectivity index (χ1v) is 11.3. The molecule has 1 fully saturated rings. The van der Waals surface area contributed by atoms with Gasteiger partial charge in [0.1, 0.15) is 0 Å². The van der Waals surface area contributed by atoms with Gasteiger partial charge in [0.2, 0.25) is 0 Å². The van der Waals surface area contributed by atoms with Crippen molar-refractivity contribution in [3.63, 3.8) is 0 Å². The van der Waals surface area contributed by atoms with E-state index in [0.717, 1.165) is 17.6 Å². The van der Waals surface area contributed by atoms with Gasteiger partial charge in [-0.3, -0.25) is 0 Å². The first-order chi connectivity index (χ1) is 14.3. The number of hydrogen-bond donors (Lipinski definition) is 1. The number of nitrogens with zero attached hydrogens (tertiary/aromatic N) is 3. The smallest absolute Gasteiger partial charge is 0.0730 e. The molecule has 2 heterocycles. The lowest BCUT2D eigenvalue weighted by Gasteiger charge is -2.34. The summed E-state index contributed by atoms with van der Waals surface area (Å²) in [5.41, 5.74) is 3.36. The summed E-state index contributed by atoms with van der Waals surface area (Å²) in [7, 11) is 0. The Labute approximate surface area is 174 Å². The van der Waals surface area contributed by atoms with E-state index < -0.39 is 0 Å². The van der Waals surface area contributed by atoms with Crippen molar-refractivity contribution in [3.8, 4) is 0 Å². The van der Waals surface area contributed by atoms with Crippen LogP contribution in [0.15, 0.2) is 48.5 Å². The molecule has 0 unspecified atom stereocenters. The average Bonchev–Trinajstić information content (AvgIpc) is 2.77. The molecule has 4 heteroatoms. The van der Waals surface area contributed by atoms with E-state index in [0.29, 0.717) is 0 Å². The molecule has 4 rings (SSSR count). The van der Waals surface area contributed by atoms with E-state index in [1.165, 1.54) is 81.4 Å². The second kappa shape index (κ2) is 10.0.